The number of hydrogen-bond acceptors (Lipinski definition) is 6. The number of hydrogen-bond donors (Lipinski definition) is 1. The summed E-state index contributed by atoms with van der Waals surface area (Å²) in [5.74, 6) is 0.238. The van der Waals surface area contributed by atoms with Gasteiger partial charge in [0.1, 0.15) is 11.0 Å². The van der Waals surface area contributed by atoms with Crippen molar-refractivity contribution in [2.75, 3.05) is 12.0 Å². The Morgan fingerprint density at radius 2 is 2.17 bits per heavy atom. The van der Waals surface area contributed by atoms with Gasteiger partial charge in [-0.05, 0) is 6.07 Å². The van der Waals surface area contributed by atoms with E-state index < -0.39 is 9.84 Å². The number of nitrogens with zero attached hydrogens (tertiary/aromatic N) is 4. The second-order valence-corrected chi connectivity index (χ2v) is 5.66. The summed E-state index contributed by atoms with van der Waals surface area (Å²) in [5, 5.41) is 12.8. The van der Waals surface area contributed by atoms with Gasteiger partial charge in [0.15, 0.2) is 15.7 Å². The zero-order valence-electron chi connectivity index (χ0n) is 9.40. The maximum absolute atomic E-state index is 11.3. The third-order valence-corrected chi connectivity index (χ3v) is 3.28. The maximum Gasteiger partial charge on any atom is 0.178 e. The summed E-state index contributed by atoms with van der Waals surface area (Å²) in [4.78, 5) is 4.03. The largest absolute Gasteiger partial charge is 0.397 e. The molecule has 0 fully saturated rings. The van der Waals surface area contributed by atoms with Gasteiger partial charge in [0.2, 0.25) is 0 Å². The molecule has 0 unspecified atom stereocenters. The zero-order chi connectivity index (χ0) is 13.3. The molecule has 0 amide bonds. The molecule has 0 saturated heterocycles. The van der Waals surface area contributed by atoms with Crippen molar-refractivity contribution in [3.05, 3.63) is 30.2 Å². The molecule has 0 atom stereocenters. The predicted molar refractivity (Wildman–Crippen MR) is 63.6 cm³/mol. The number of aromatic nitrogens is 3. The summed E-state index contributed by atoms with van der Waals surface area (Å²) in [6, 6.07) is 3.38. The summed E-state index contributed by atoms with van der Waals surface area (Å²) in [6.07, 6.45) is 4.96. The number of sulfone groups is 1. The van der Waals surface area contributed by atoms with Crippen molar-refractivity contribution in [2.45, 2.75) is 4.90 Å². The van der Waals surface area contributed by atoms with Gasteiger partial charge in [0, 0.05) is 6.26 Å². The van der Waals surface area contributed by atoms with E-state index in [4.69, 9.17) is 11.0 Å². The van der Waals surface area contributed by atoms with Gasteiger partial charge in [-0.25, -0.2) is 18.1 Å². The van der Waals surface area contributed by atoms with Crippen LogP contribution in [0.3, 0.4) is 0 Å². The van der Waals surface area contributed by atoms with E-state index in [9.17, 15) is 8.42 Å². The molecule has 0 radical (unpaired) electrons. The number of rotatable bonds is 2. The Morgan fingerprint density at radius 1 is 1.44 bits per heavy atom. The predicted octanol–water partition coefficient (Wildman–Crippen LogP) is 0.125. The highest BCUT2D eigenvalue weighted by molar-refractivity contribution is 7.90. The van der Waals surface area contributed by atoms with Crippen molar-refractivity contribution < 1.29 is 8.42 Å². The van der Waals surface area contributed by atoms with Gasteiger partial charge in [-0.1, -0.05) is 0 Å². The topological polar surface area (TPSA) is 115 Å². The van der Waals surface area contributed by atoms with Crippen LogP contribution in [0, 0.1) is 11.3 Å². The Labute approximate surface area is 103 Å². The maximum atomic E-state index is 11.3. The van der Waals surface area contributed by atoms with Crippen molar-refractivity contribution in [3.63, 3.8) is 0 Å². The van der Waals surface area contributed by atoms with E-state index in [1.807, 2.05) is 6.07 Å². The molecule has 2 heterocycles. The summed E-state index contributed by atoms with van der Waals surface area (Å²) in [7, 11) is -3.34. The van der Waals surface area contributed by atoms with Crippen LogP contribution in [0.25, 0.3) is 5.82 Å². The Hall–Kier alpha value is -2.40. The van der Waals surface area contributed by atoms with Gasteiger partial charge >= 0.3 is 0 Å². The molecule has 0 spiro atoms. The lowest BCUT2D eigenvalue weighted by atomic mass is 10.2. The van der Waals surface area contributed by atoms with Crippen molar-refractivity contribution in [2.24, 2.45) is 0 Å². The highest BCUT2D eigenvalue weighted by atomic mass is 32.2. The molecule has 7 nitrogen and oxygen atoms in total. The fourth-order valence-electron chi connectivity index (χ4n) is 1.35. The molecule has 2 aromatic heterocycles. The monoisotopic (exact) mass is 263 g/mol. The van der Waals surface area contributed by atoms with Gasteiger partial charge in [0.25, 0.3) is 0 Å². The number of nitrogen functional groups attached to an aromatic ring is 1. The van der Waals surface area contributed by atoms with Gasteiger partial charge in [0.05, 0.1) is 29.8 Å². The quantitative estimate of drug-likeness (QED) is 0.823. The Bertz CT molecular complexity index is 742. The molecule has 2 N–H and O–H groups in total. The van der Waals surface area contributed by atoms with E-state index in [0.717, 1.165) is 6.26 Å². The lowest BCUT2D eigenvalue weighted by Crippen LogP contribution is -2.03. The van der Waals surface area contributed by atoms with Crippen LogP contribution in [0.4, 0.5) is 5.69 Å². The Balaban J connectivity index is 2.57. The van der Waals surface area contributed by atoms with Crippen molar-refractivity contribution >= 4 is 15.5 Å². The van der Waals surface area contributed by atoms with Crippen molar-refractivity contribution in [1.82, 2.24) is 14.8 Å². The summed E-state index contributed by atoms with van der Waals surface area (Å²) in [6.45, 7) is 0. The second kappa shape index (κ2) is 4.12. The van der Waals surface area contributed by atoms with E-state index in [2.05, 4.69) is 10.1 Å². The number of nitriles is 1. The van der Waals surface area contributed by atoms with E-state index in [0.29, 0.717) is 5.69 Å². The molecular weight excluding hydrogens is 254 g/mol. The minimum absolute atomic E-state index is 0.0602. The van der Waals surface area contributed by atoms with Crippen molar-refractivity contribution in [3.8, 4) is 11.9 Å². The van der Waals surface area contributed by atoms with E-state index in [1.165, 1.54) is 29.3 Å². The van der Waals surface area contributed by atoms with Crippen LogP contribution in [0.1, 0.15) is 5.56 Å². The minimum atomic E-state index is -3.34. The molecule has 92 valence electrons. The van der Waals surface area contributed by atoms with Crippen LogP contribution in [0.2, 0.25) is 0 Å². The summed E-state index contributed by atoms with van der Waals surface area (Å²) in [5.41, 5.74) is 6.09. The number of anilines is 1. The van der Waals surface area contributed by atoms with Gasteiger partial charge < -0.3 is 5.73 Å². The first kappa shape index (κ1) is 12.1. The van der Waals surface area contributed by atoms with Crippen LogP contribution in [-0.4, -0.2) is 29.4 Å². The molecule has 0 aliphatic rings. The van der Waals surface area contributed by atoms with Crippen LogP contribution in [-0.2, 0) is 9.84 Å². The van der Waals surface area contributed by atoms with Crippen LogP contribution >= 0.6 is 0 Å². The molecule has 0 aromatic carbocycles. The molecule has 0 saturated carbocycles. The fourth-order valence-corrected chi connectivity index (χ4v) is 1.88. The highest BCUT2D eigenvalue weighted by Crippen LogP contribution is 2.15. The third kappa shape index (κ3) is 2.16. The van der Waals surface area contributed by atoms with Crippen LogP contribution < -0.4 is 5.73 Å². The molecule has 2 rings (SSSR count). The summed E-state index contributed by atoms with van der Waals surface area (Å²) >= 11 is 0. The molecule has 2 aromatic rings. The Morgan fingerprint density at radius 3 is 2.72 bits per heavy atom. The molecule has 0 bridgehead atoms. The van der Waals surface area contributed by atoms with Gasteiger partial charge in [-0.3, -0.25) is 0 Å². The van der Waals surface area contributed by atoms with E-state index in [-0.39, 0.29) is 16.3 Å². The standard InChI is InChI=1S/C10H9N5O2S/c1-18(16,17)9-5-14-15(6-9)10-7(3-11)2-8(12)4-13-10/h2,4-6H,12H2,1H3. The first-order valence-corrected chi connectivity index (χ1v) is 6.71. The molecule has 18 heavy (non-hydrogen) atoms. The average Bonchev–Trinajstić information content (AvgIpc) is 2.77. The molecular formula is C10H9N5O2S. The van der Waals surface area contributed by atoms with Crippen LogP contribution in [0.5, 0.6) is 0 Å². The zero-order valence-corrected chi connectivity index (χ0v) is 10.2. The average molecular weight is 263 g/mol. The SMILES string of the molecule is CS(=O)(=O)c1cnn(-c2ncc(N)cc2C#N)c1. The minimum Gasteiger partial charge on any atom is -0.397 e. The normalized spacial score (nSPS) is 11.1. The molecule has 0 aliphatic heterocycles. The number of pyridine rings is 1. The van der Waals surface area contributed by atoms with Crippen LogP contribution in [0.15, 0.2) is 29.6 Å². The first-order chi connectivity index (χ1) is 8.41. The summed E-state index contributed by atoms with van der Waals surface area (Å²) < 4.78 is 23.9. The molecule has 8 heteroatoms. The lowest BCUT2D eigenvalue weighted by molar-refractivity contribution is 0.602. The number of nitrogens with two attached hydrogens (primary N) is 1. The smallest absolute Gasteiger partial charge is 0.178 e. The first-order valence-electron chi connectivity index (χ1n) is 4.82. The van der Waals surface area contributed by atoms with Crippen molar-refractivity contribution in [1.29, 1.82) is 5.26 Å². The van der Waals surface area contributed by atoms with Gasteiger partial charge in [-0.15, -0.1) is 0 Å². The Kier molecular flexibility index (Phi) is 2.76. The van der Waals surface area contributed by atoms with E-state index in [1.54, 1.807) is 0 Å². The van der Waals surface area contributed by atoms with Gasteiger partial charge in [-0.2, -0.15) is 10.4 Å². The van der Waals surface area contributed by atoms with E-state index >= 15 is 0 Å². The second-order valence-electron chi connectivity index (χ2n) is 3.64. The molecule has 0 aliphatic carbocycles. The lowest BCUT2D eigenvalue weighted by Gasteiger charge is -2.02. The fraction of sp³-hybridized carbons (Fsp3) is 0.100. The third-order valence-electron chi connectivity index (χ3n) is 2.21. The highest BCUT2D eigenvalue weighted by Gasteiger charge is 2.13.